The van der Waals surface area contributed by atoms with Gasteiger partial charge in [0, 0.05) is 6.92 Å². The minimum absolute atomic E-state index is 0.361. The number of nitrogens with two attached hydrogens (primary N) is 1. The number of carbonyl (C=O) groups excluding carboxylic acids is 2. The number of hydrogen-bond donors (Lipinski definition) is 2. The van der Waals surface area contributed by atoms with Crippen molar-refractivity contribution in [3.8, 4) is 0 Å². The number of hydrogen-bond acceptors (Lipinski definition) is 5. The average Bonchev–Trinajstić information content (AvgIpc) is 2.30. The predicted octanol–water partition coefficient (Wildman–Crippen LogP) is -0.678. The van der Waals surface area contributed by atoms with Gasteiger partial charge in [-0.15, -0.1) is 0 Å². The lowest BCUT2D eigenvalue weighted by Crippen LogP contribution is -2.19. The quantitative estimate of drug-likeness (QED) is 0.451. The molecule has 0 fully saturated rings. The monoisotopic (exact) mass is 170 g/mol. The summed E-state index contributed by atoms with van der Waals surface area (Å²) in [6, 6.07) is 0. The smallest absolute Gasteiger partial charge is 0.293 e. The lowest BCUT2D eigenvalue weighted by molar-refractivity contribution is -0.113. The Balaban J connectivity index is 3.27. The Hall–Kier alpha value is -1.85. The Kier molecular flexibility index (Phi) is 1.82. The summed E-state index contributed by atoms with van der Waals surface area (Å²) >= 11 is 0. The van der Waals surface area contributed by atoms with Gasteiger partial charge in [-0.3, -0.25) is 14.4 Å². The largest absolute Gasteiger partial charge is 0.367 e. The van der Waals surface area contributed by atoms with Crippen LogP contribution >= 0.6 is 0 Å². The first-order valence-corrected chi connectivity index (χ1v) is 3.06. The van der Waals surface area contributed by atoms with Crippen molar-refractivity contribution in [1.82, 2.24) is 5.16 Å². The molecule has 0 amide bonds. The van der Waals surface area contributed by atoms with Gasteiger partial charge in [0.2, 0.25) is 17.5 Å². The highest BCUT2D eigenvalue weighted by Gasteiger charge is 2.21. The third-order valence-electron chi connectivity index (χ3n) is 1.27. The van der Waals surface area contributed by atoms with E-state index < -0.39 is 22.7 Å². The van der Waals surface area contributed by atoms with Crippen LogP contribution in [0.4, 0.5) is 5.88 Å². The fourth-order valence-corrected chi connectivity index (χ4v) is 0.706. The van der Waals surface area contributed by atoms with Crippen LogP contribution in [0.3, 0.4) is 0 Å². The SMILES string of the molecule is CC(=O)C(=O)c1c(N)o[nH]c1=O. The standard InChI is InChI=1S/C6H6N2O4/c1-2(9)4(10)3-5(7)12-8-6(3)11/h7H2,1H3,(H,8,11). The lowest BCUT2D eigenvalue weighted by Gasteiger charge is -1.88. The van der Waals surface area contributed by atoms with Gasteiger partial charge in [0.05, 0.1) is 0 Å². The van der Waals surface area contributed by atoms with Crippen LogP contribution in [0, 0.1) is 0 Å². The molecule has 64 valence electrons. The van der Waals surface area contributed by atoms with E-state index in [1.807, 2.05) is 5.16 Å². The van der Waals surface area contributed by atoms with Crippen LogP contribution in [0.1, 0.15) is 17.3 Å². The molecule has 0 aromatic carbocycles. The third-order valence-corrected chi connectivity index (χ3v) is 1.27. The van der Waals surface area contributed by atoms with Gasteiger partial charge in [-0.25, -0.2) is 0 Å². The molecule has 0 aliphatic heterocycles. The van der Waals surface area contributed by atoms with Gasteiger partial charge < -0.3 is 10.3 Å². The maximum Gasteiger partial charge on any atom is 0.293 e. The number of aromatic amines is 1. The van der Waals surface area contributed by atoms with Crippen molar-refractivity contribution in [2.45, 2.75) is 6.92 Å². The van der Waals surface area contributed by atoms with Gasteiger partial charge in [0.15, 0.2) is 5.56 Å². The first-order chi connectivity index (χ1) is 5.54. The van der Waals surface area contributed by atoms with Gasteiger partial charge in [-0.2, -0.15) is 5.16 Å². The van der Waals surface area contributed by atoms with Crippen molar-refractivity contribution in [3.63, 3.8) is 0 Å². The van der Waals surface area contributed by atoms with Crippen LogP contribution < -0.4 is 11.3 Å². The van der Waals surface area contributed by atoms with E-state index in [-0.39, 0.29) is 5.88 Å². The van der Waals surface area contributed by atoms with Crippen LogP contribution in [-0.2, 0) is 4.79 Å². The zero-order valence-electron chi connectivity index (χ0n) is 6.21. The molecule has 6 nitrogen and oxygen atoms in total. The van der Waals surface area contributed by atoms with Crippen LogP contribution in [-0.4, -0.2) is 16.7 Å². The highest BCUT2D eigenvalue weighted by Crippen LogP contribution is 2.05. The average molecular weight is 170 g/mol. The maximum atomic E-state index is 10.9. The summed E-state index contributed by atoms with van der Waals surface area (Å²) in [6.07, 6.45) is 0. The topological polar surface area (TPSA) is 106 Å². The number of rotatable bonds is 2. The number of anilines is 1. The molecule has 0 aliphatic rings. The van der Waals surface area contributed by atoms with E-state index in [2.05, 4.69) is 4.52 Å². The lowest BCUT2D eigenvalue weighted by atomic mass is 10.1. The van der Waals surface area contributed by atoms with Crippen molar-refractivity contribution < 1.29 is 14.1 Å². The third kappa shape index (κ3) is 1.14. The van der Waals surface area contributed by atoms with Gasteiger partial charge >= 0.3 is 0 Å². The normalized spacial score (nSPS) is 9.75. The summed E-state index contributed by atoms with van der Waals surface area (Å²) in [5.41, 5.74) is 3.90. The molecular formula is C6H6N2O4. The van der Waals surface area contributed by atoms with E-state index in [1.165, 1.54) is 0 Å². The number of aromatic nitrogens is 1. The van der Waals surface area contributed by atoms with Crippen molar-refractivity contribution in [1.29, 1.82) is 0 Å². The fourth-order valence-electron chi connectivity index (χ4n) is 0.706. The Morgan fingerprint density at radius 1 is 1.50 bits per heavy atom. The Morgan fingerprint density at radius 2 is 2.08 bits per heavy atom. The van der Waals surface area contributed by atoms with Crippen molar-refractivity contribution in [2.24, 2.45) is 0 Å². The zero-order chi connectivity index (χ0) is 9.30. The van der Waals surface area contributed by atoms with Crippen molar-refractivity contribution in [2.75, 3.05) is 5.73 Å². The molecule has 1 heterocycles. The Morgan fingerprint density at radius 3 is 2.42 bits per heavy atom. The second kappa shape index (κ2) is 2.65. The second-order valence-electron chi connectivity index (χ2n) is 2.16. The highest BCUT2D eigenvalue weighted by molar-refractivity contribution is 6.43. The predicted molar refractivity (Wildman–Crippen MR) is 38.8 cm³/mol. The van der Waals surface area contributed by atoms with Crippen LogP contribution in [0.15, 0.2) is 9.32 Å². The van der Waals surface area contributed by atoms with Crippen molar-refractivity contribution >= 4 is 17.5 Å². The molecule has 1 aromatic heterocycles. The number of nitrogen functional groups attached to an aromatic ring is 1. The van der Waals surface area contributed by atoms with E-state index in [0.29, 0.717) is 0 Å². The van der Waals surface area contributed by atoms with E-state index in [1.54, 1.807) is 0 Å². The molecule has 0 radical (unpaired) electrons. The highest BCUT2D eigenvalue weighted by atomic mass is 16.5. The molecule has 1 rings (SSSR count). The number of H-pyrrole nitrogens is 1. The van der Waals surface area contributed by atoms with Crippen molar-refractivity contribution in [3.05, 3.63) is 15.9 Å². The summed E-state index contributed by atoms with van der Waals surface area (Å²) in [4.78, 5) is 32.3. The zero-order valence-corrected chi connectivity index (χ0v) is 6.21. The Labute approximate surface area is 66.3 Å². The molecule has 0 aliphatic carbocycles. The van der Waals surface area contributed by atoms with Gasteiger partial charge in [0.25, 0.3) is 5.56 Å². The molecule has 0 saturated heterocycles. The summed E-state index contributed by atoms with van der Waals surface area (Å²) in [7, 11) is 0. The first-order valence-electron chi connectivity index (χ1n) is 3.06. The molecule has 0 atom stereocenters. The molecule has 6 heteroatoms. The van der Waals surface area contributed by atoms with E-state index in [4.69, 9.17) is 5.73 Å². The number of nitrogens with one attached hydrogen (secondary N) is 1. The van der Waals surface area contributed by atoms with Crippen LogP contribution in [0.5, 0.6) is 0 Å². The molecule has 3 N–H and O–H groups in total. The molecule has 1 aromatic rings. The first kappa shape index (κ1) is 8.25. The van der Waals surface area contributed by atoms with Gasteiger partial charge in [0.1, 0.15) is 0 Å². The van der Waals surface area contributed by atoms with E-state index in [9.17, 15) is 14.4 Å². The minimum Gasteiger partial charge on any atom is -0.367 e. The second-order valence-corrected chi connectivity index (χ2v) is 2.16. The molecule has 0 bridgehead atoms. The summed E-state index contributed by atoms with van der Waals surface area (Å²) in [6.45, 7) is 1.05. The molecule has 0 saturated carbocycles. The summed E-state index contributed by atoms with van der Waals surface area (Å²) in [5.74, 6) is -2.06. The molecular weight excluding hydrogens is 164 g/mol. The van der Waals surface area contributed by atoms with E-state index in [0.717, 1.165) is 6.92 Å². The summed E-state index contributed by atoms with van der Waals surface area (Å²) < 4.78 is 4.33. The fraction of sp³-hybridized carbons (Fsp3) is 0.167. The van der Waals surface area contributed by atoms with Crippen LogP contribution in [0.25, 0.3) is 0 Å². The number of Topliss-reactive ketones (excluding diaryl/α,β-unsaturated/α-hetero) is 2. The molecule has 0 spiro atoms. The number of carbonyl (C=O) groups is 2. The van der Waals surface area contributed by atoms with Gasteiger partial charge in [-0.1, -0.05) is 0 Å². The Bertz CT molecular complexity index is 386. The minimum atomic E-state index is -0.942. The van der Waals surface area contributed by atoms with E-state index >= 15 is 0 Å². The van der Waals surface area contributed by atoms with Crippen LogP contribution in [0.2, 0.25) is 0 Å². The molecule has 0 unspecified atom stereocenters. The summed E-state index contributed by atoms with van der Waals surface area (Å²) in [5, 5.41) is 1.84. The van der Waals surface area contributed by atoms with Gasteiger partial charge in [-0.05, 0) is 0 Å². The number of ketones is 2. The molecule has 12 heavy (non-hydrogen) atoms. The maximum absolute atomic E-state index is 10.9.